The lowest BCUT2D eigenvalue weighted by molar-refractivity contribution is -0.193. The summed E-state index contributed by atoms with van der Waals surface area (Å²) in [7, 11) is 1.68. The van der Waals surface area contributed by atoms with Gasteiger partial charge in [-0.3, -0.25) is 4.79 Å². The van der Waals surface area contributed by atoms with E-state index in [1.165, 1.54) is 0 Å². The van der Waals surface area contributed by atoms with Crippen LogP contribution in [0.25, 0.3) is 0 Å². The number of carbonyl (C=O) groups excluding carboxylic acids is 1. The molecule has 2 atom stereocenters. The Morgan fingerprint density at radius 1 is 1.30 bits per heavy atom. The number of nitrogens with zero attached hydrogens (tertiary/aromatic N) is 1. The van der Waals surface area contributed by atoms with E-state index < -0.39 is 11.9 Å². The Morgan fingerprint density at radius 3 is 2.63 bits per heavy atom. The van der Waals surface area contributed by atoms with E-state index in [0.717, 1.165) is 5.56 Å². The van der Waals surface area contributed by atoms with Crippen molar-refractivity contribution in [3.05, 3.63) is 33.8 Å². The molecule has 7 nitrogen and oxygen atoms in total. The van der Waals surface area contributed by atoms with Gasteiger partial charge in [0, 0.05) is 19.9 Å². The van der Waals surface area contributed by atoms with Gasteiger partial charge in [0.1, 0.15) is 0 Å². The number of amides is 2. The van der Waals surface area contributed by atoms with Crippen LogP contribution in [0.5, 0.6) is 0 Å². The average Bonchev–Trinajstić information content (AvgIpc) is 3.07. The summed E-state index contributed by atoms with van der Waals surface area (Å²) < 4.78 is 11.5. The first-order chi connectivity index (χ1) is 12.8. The Balaban J connectivity index is 1.74. The van der Waals surface area contributed by atoms with Crippen molar-refractivity contribution >= 4 is 35.2 Å². The maximum Gasteiger partial charge on any atom is 0.404 e. The molecule has 2 amide bonds. The second-order valence-electron chi connectivity index (χ2n) is 6.90. The lowest BCUT2D eigenvalue weighted by atomic mass is 9.84. The predicted molar refractivity (Wildman–Crippen MR) is 100 cm³/mol. The number of carboxylic acid groups (broad SMARTS) is 1. The standard InChI is InChI=1S/C18H22Cl2N2O5/c1-22(16(23)9-11-2-3-12(19)13(20)8-11)15-10-18(26-6-7-27-18)5-4-14(15)21-17(24)25/h2-3,8,14-15,21H,4-7,9-10H2,1H3,(H,24,25)/t14-,15-/m0/s1. The van der Waals surface area contributed by atoms with Crippen LogP contribution < -0.4 is 5.32 Å². The summed E-state index contributed by atoms with van der Waals surface area (Å²) in [5.41, 5.74) is 0.739. The van der Waals surface area contributed by atoms with Crippen molar-refractivity contribution in [2.75, 3.05) is 20.3 Å². The SMILES string of the molecule is CN(C(=O)Cc1ccc(Cl)c(Cl)c1)[C@H]1CC2(CC[C@@H]1NC(=O)O)OCCO2. The molecule has 1 saturated carbocycles. The molecule has 1 heterocycles. The van der Waals surface area contributed by atoms with Gasteiger partial charge in [0.25, 0.3) is 0 Å². The van der Waals surface area contributed by atoms with Crippen molar-refractivity contribution in [2.24, 2.45) is 0 Å². The van der Waals surface area contributed by atoms with E-state index in [9.17, 15) is 9.59 Å². The third-order valence-electron chi connectivity index (χ3n) is 5.17. The molecule has 1 aromatic rings. The lowest BCUT2D eigenvalue weighted by Gasteiger charge is -2.44. The van der Waals surface area contributed by atoms with Crippen LogP contribution in [0.2, 0.25) is 10.0 Å². The summed E-state index contributed by atoms with van der Waals surface area (Å²) >= 11 is 11.9. The summed E-state index contributed by atoms with van der Waals surface area (Å²) in [6.07, 6.45) is 0.560. The van der Waals surface area contributed by atoms with Crippen molar-refractivity contribution in [1.29, 1.82) is 0 Å². The van der Waals surface area contributed by atoms with Gasteiger partial charge in [0.15, 0.2) is 5.79 Å². The molecule has 3 rings (SSSR count). The van der Waals surface area contributed by atoms with Gasteiger partial charge < -0.3 is 24.8 Å². The molecule has 9 heteroatoms. The first kappa shape index (κ1) is 20.2. The molecule has 148 valence electrons. The smallest absolute Gasteiger partial charge is 0.404 e. The van der Waals surface area contributed by atoms with Crippen LogP contribution in [-0.4, -0.2) is 60.1 Å². The summed E-state index contributed by atoms with van der Waals surface area (Å²) in [5.74, 6) is -0.884. The van der Waals surface area contributed by atoms with Crippen LogP contribution in [0.1, 0.15) is 24.8 Å². The number of likely N-dealkylation sites (N-methyl/N-ethyl adjacent to an activating group) is 1. The fraction of sp³-hybridized carbons (Fsp3) is 0.556. The molecule has 0 radical (unpaired) electrons. The minimum absolute atomic E-state index is 0.137. The molecule has 1 saturated heterocycles. The van der Waals surface area contributed by atoms with Crippen molar-refractivity contribution in [2.45, 2.75) is 43.6 Å². The summed E-state index contributed by atoms with van der Waals surface area (Å²) in [6, 6.07) is 4.30. The number of hydrogen-bond donors (Lipinski definition) is 2. The fourth-order valence-electron chi connectivity index (χ4n) is 3.76. The van der Waals surface area contributed by atoms with Gasteiger partial charge in [-0.15, -0.1) is 0 Å². The topological polar surface area (TPSA) is 88.1 Å². The Bertz CT molecular complexity index is 724. The highest BCUT2D eigenvalue weighted by Crippen LogP contribution is 2.38. The highest BCUT2D eigenvalue weighted by molar-refractivity contribution is 6.42. The minimum atomic E-state index is -1.11. The number of ether oxygens (including phenoxy) is 2. The minimum Gasteiger partial charge on any atom is -0.465 e. The number of hydrogen-bond acceptors (Lipinski definition) is 4. The Hall–Kier alpha value is -1.54. The van der Waals surface area contributed by atoms with E-state index in [-0.39, 0.29) is 24.4 Å². The van der Waals surface area contributed by atoms with Gasteiger partial charge in [-0.2, -0.15) is 0 Å². The normalized spacial score (nSPS) is 24.0. The van der Waals surface area contributed by atoms with Gasteiger partial charge in [-0.1, -0.05) is 29.3 Å². The number of benzene rings is 1. The van der Waals surface area contributed by atoms with Gasteiger partial charge in [0.05, 0.1) is 41.8 Å². The molecule has 1 aliphatic heterocycles. The highest BCUT2D eigenvalue weighted by atomic mass is 35.5. The van der Waals surface area contributed by atoms with Crippen molar-refractivity contribution in [1.82, 2.24) is 10.2 Å². The summed E-state index contributed by atoms with van der Waals surface area (Å²) in [5, 5.41) is 12.5. The van der Waals surface area contributed by atoms with Crippen molar-refractivity contribution < 1.29 is 24.2 Å². The molecule has 2 aliphatic rings. The van der Waals surface area contributed by atoms with Crippen molar-refractivity contribution in [3.8, 4) is 0 Å². The highest BCUT2D eigenvalue weighted by Gasteiger charge is 2.47. The first-order valence-corrected chi connectivity index (χ1v) is 9.52. The Morgan fingerprint density at radius 2 is 2.00 bits per heavy atom. The van der Waals surface area contributed by atoms with E-state index in [1.807, 2.05) is 0 Å². The number of rotatable bonds is 4. The fourth-order valence-corrected chi connectivity index (χ4v) is 4.08. The van der Waals surface area contributed by atoms with Crippen LogP contribution >= 0.6 is 23.2 Å². The Kier molecular flexibility index (Phi) is 6.15. The van der Waals surface area contributed by atoms with Crippen LogP contribution in [0.4, 0.5) is 4.79 Å². The third kappa shape index (κ3) is 4.66. The van der Waals surface area contributed by atoms with Crippen molar-refractivity contribution in [3.63, 3.8) is 0 Å². The molecule has 27 heavy (non-hydrogen) atoms. The van der Waals surface area contributed by atoms with Crippen LogP contribution in [0, 0.1) is 0 Å². The molecule has 1 spiro atoms. The molecule has 2 N–H and O–H groups in total. The third-order valence-corrected chi connectivity index (χ3v) is 5.91. The number of carbonyl (C=O) groups is 2. The van der Waals surface area contributed by atoms with E-state index >= 15 is 0 Å². The predicted octanol–water partition coefficient (Wildman–Crippen LogP) is 2.93. The second-order valence-corrected chi connectivity index (χ2v) is 7.72. The maximum absolute atomic E-state index is 12.8. The van der Waals surface area contributed by atoms with Gasteiger partial charge in [-0.25, -0.2) is 4.79 Å². The lowest BCUT2D eigenvalue weighted by Crippen LogP contribution is -2.59. The molecule has 2 fully saturated rings. The largest absolute Gasteiger partial charge is 0.465 e. The zero-order valence-electron chi connectivity index (χ0n) is 14.9. The zero-order valence-corrected chi connectivity index (χ0v) is 16.4. The zero-order chi connectivity index (χ0) is 19.6. The van der Waals surface area contributed by atoms with Crippen LogP contribution in [0.15, 0.2) is 18.2 Å². The van der Waals surface area contributed by atoms with Crippen LogP contribution in [0.3, 0.4) is 0 Å². The summed E-state index contributed by atoms with van der Waals surface area (Å²) in [4.78, 5) is 25.6. The van der Waals surface area contributed by atoms with Gasteiger partial charge in [-0.05, 0) is 24.1 Å². The van der Waals surface area contributed by atoms with Crippen LogP contribution in [-0.2, 0) is 20.7 Å². The van der Waals surface area contributed by atoms with E-state index in [0.29, 0.717) is 42.5 Å². The molecule has 0 bridgehead atoms. The van der Waals surface area contributed by atoms with E-state index in [1.54, 1.807) is 30.1 Å². The quantitative estimate of drug-likeness (QED) is 0.787. The maximum atomic E-state index is 12.8. The number of halogens is 2. The van der Waals surface area contributed by atoms with E-state index in [2.05, 4.69) is 5.32 Å². The molecular weight excluding hydrogens is 395 g/mol. The molecular formula is C18H22Cl2N2O5. The van der Waals surface area contributed by atoms with Gasteiger partial charge in [0.2, 0.25) is 5.91 Å². The molecule has 0 aromatic heterocycles. The molecule has 0 unspecified atom stereocenters. The average molecular weight is 417 g/mol. The monoisotopic (exact) mass is 416 g/mol. The first-order valence-electron chi connectivity index (χ1n) is 8.77. The second kappa shape index (κ2) is 8.22. The molecule has 1 aromatic carbocycles. The molecule has 1 aliphatic carbocycles. The summed E-state index contributed by atoms with van der Waals surface area (Å²) in [6.45, 7) is 1.01. The van der Waals surface area contributed by atoms with E-state index in [4.69, 9.17) is 37.8 Å². The van der Waals surface area contributed by atoms with Gasteiger partial charge >= 0.3 is 6.09 Å². The number of nitrogens with one attached hydrogen (secondary N) is 1. The Labute approximate surface area is 167 Å².